The summed E-state index contributed by atoms with van der Waals surface area (Å²) in [6.07, 6.45) is 0. The first-order valence-electron chi connectivity index (χ1n) is 8.26. The van der Waals surface area contributed by atoms with Crippen LogP contribution in [0.15, 0.2) is 53.7 Å². The lowest BCUT2D eigenvalue weighted by molar-refractivity contribution is -0.113. The Bertz CT molecular complexity index is 908. The summed E-state index contributed by atoms with van der Waals surface area (Å²) < 4.78 is 15.6. The van der Waals surface area contributed by atoms with Gasteiger partial charge in [0.05, 0.1) is 11.4 Å². The number of aryl methyl sites for hydroxylation is 1. The van der Waals surface area contributed by atoms with Crippen molar-refractivity contribution in [2.75, 3.05) is 11.1 Å². The van der Waals surface area contributed by atoms with Crippen LogP contribution < -0.4 is 5.32 Å². The van der Waals surface area contributed by atoms with E-state index in [4.69, 9.17) is 0 Å². The van der Waals surface area contributed by atoms with E-state index in [2.05, 4.69) is 15.5 Å². The van der Waals surface area contributed by atoms with Gasteiger partial charge in [-0.15, -0.1) is 10.2 Å². The van der Waals surface area contributed by atoms with E-state index in [1.165, 1.54) is 29.5 Å². The second-order valence-corrected chi connectivity index (χ2v) is 6.68. The number of hydrogen-bond donors (Lipinski definition) is 1. The van der Waals surface area contributed by atoms with Crippen molar-refractivity contribution < 1.29 is 9.18 Å². The summed E-state index contributed by atoms with van der Waals surface area (Å²) in [6.45, 7) is 4.72. The molecule has 134 valence electrons. The van der Waals surface area contributed by atoms with Crippen molar-refractivity contribution in [3.8, 4) is 11.4 Å². The van der Waals surface area contributed by atoms with E-state index in [1.807, 2.05) is 42.7 Å². The fourth-order valence-corrected chi connectivity index (χ4v) is 3.28. The number of carbonyl (C=O) groups excluding carboxylic acids is 1. The number of aromatic nitrogens is 3. The second kappa shape index (κ2) is 8.14. The zero-order valence-corrected chi connectivity index (χ0v) is 15.4. The molecule has 1 aromatic heterocycles. The van der Waals surface area contributed by atoms with Gasteiger partial charge in [-0.1, -0.05) is 53.7 Å². The molecule has 26 heavy (non-hydrogen) atoms. The Morgan fingerprint density at radius 2 is 1.88 bits per heavy atom. The number of carbonyl (C=O) groups is 1. The third-order valence-electron chi connectivity index (χ3n) is 3.82. The minimum absolute atomic E-state index is 0.125. The summed E-state index contributed by atoms with van der Waals surface area (Å²) in [5.41, 5.74) is 2.33. The zero-order valence-electron chi connectivity index (χ0n) is 14.6. The number of rotatable bonds is 6. The molecule has 1 heterocycles. The number of thioether (sulfide) groups is 1. The number of nitrogens with one attached hydrogen (secondary N) is 1. The number of anilines is 1. The molecule has 0 fully saturated rings. The van der Waals surface area contributed by atoms with E-state index in [0.29, 0.717) is 11.7 Å². The van der Waals surface area contributed by atoms with E-state index in [1.54, 1.807) is 12.1 Å². The van der Waals surface area contributed by atoms with E-state index in [0.717, 1.165) is 11.4 Å². The Hall–Kier alpha value is -2.67. The van der Waals surface area contributed by atoms with Gasteiger partial charge < -0.3 is 9.88 Å². The number of para-hydroxylation sites is 1. The van der Waals surface area contributed by atoms with Gasteiger partial charge in [-0.2, -0.15) is 0 Å². The standard InChI is InChI=1S/C19H19FN4OS/c1-3-24-18(14-10-8-13(2)9-11-14)22-23-19(24)26-12-17(25)21-16-7-5-4-6-15(16)20/h4-11H,3,12H2,1-2H3,(H,21,25). The molecule has 0 atom stereocenters. The minimum Gasteiger partial charge on any atom is -0.323 e. The van der Waals surface area contributed by atoms with Gasteiger partial charge in [0.1, 0.15) is 5.82 Å². The van der Waals surface area contributed by atoms with Crippen LogP contribution in [0.3, 0.4) is 0 Å². The van der Waals surface area contributed by atoms with E-state index >= 15 is 0 Å². The number of hydrogen-bond acceptors (Lipinski definition) is 4. The summed E-state index contributed by atoms with van der Waals surface area (Å²) in [6, 6.07) is 14.2. The highest BCUT2D eigenvalue weighted by atomic mass is 32.2. The molecule has 0 saturated heterocycles. The lowest BCUT2D eigenvalue weighted by Gasteiger charge is -2.08. The van der Waals surface area contributed by atoms with Gasteiger partial charge in [-0.25, -0.2) is 4.39 Å². The Kier molecular flexibility index (Phi) is 5.68. The summed E-state index contributed by atoms with van der Waals surface area (Å²) >= 11 is 1.28. The van der Waals surface area contributed by atoms with Crippen molar-refractivity contribution in [2.24, 2.45) is 0 Å². The Morgan fingerprint density at radius 3 is 2.58 bits per heavy atom. The molecule has 0 aliphatic carbocycles. The van der Waals surface area contributed by atoms with Crippen molar-refractivity contribution >= 4 is 23.4 Å². The third-order valence-corrected chi connectivity index (χ3v) is 4.79. The fraction of sp³-hybridized carbons (Fsp3) is 0.211. The molecular weight excluding hydrogens is 351 g/mol. The van der Waals surface area contributed by atoms with Gasteiger partial charge in [0.15, 0.2) is 11.0 Å². The second-order valence-electron chi connectivity index (χ2n) is 5.73. The van der Waals surface area contributed by atoms with E-state index in [9.17, 15) is 9.18 Å². The van der Waals surface area contributed by atoms with Gasteiger partial charge in [0.2, 0.25) is 5.91 Å². The minimum atomic E-state index is -0.454. The molecule has 0 aliphatic heterocycles. The van der Waals surface area contributed by atoms with Crippen LogP contribution in [0.4, 0.5) is 10.1 Å². The molecule has 5 nitrogen and oxygen atoms in total. The average molecular weight is 370 g/mol. The number of amides is 1. The van der Waals surface area contributed by atoms with Crippen LogP contribution in [-0.4, -0.2) is 26.4 Å². The first-order chi connectivity index (χ1) is 12.6. The fourth-order valence-electron chi connectivity index (χ4n) is 2.48. The molecule has 0 radical (unpaired) electrons. The Balaban J connectivity index is 1.69. The molecule has 0 bridgehead atoms. The summed E-state index contributed by atoms with van der Waals surface area (Å²) in [5.74, 6) is 0.150. The van der Waals surface area contributed by atoms with Gasteiger partial charge in [0, 0.05) is 12.1 Å². The lowest BCUT2D eigenvalue weighted by atomic mass is 10.1. The van der Waals surface area contributed by atoms with Crippen molar-refractivity contribution in [3.05, 3.63) is 59.9 Å². The topological polar surface area (TPSA) is 59.8 Å². The van der Waals surface area contributed by atoms with Gasteiger partial charge in [0.25, 0.3) is 0 Å². The SMILES string of the molecule is CCn1c(SCC(=O)Nc2ccccc2F)nnc1-c1ccc(C)cc1. The number of benzene rings is 2. The first-order valence-corrected chi connectivity index (χ1v) is 9.24. The van der Waals surface area contributed by atoms with Crippen LogP contribution in [0.2, 0.25) is 0 Å². The predicted octanol–water partition coefficient (Wildman–Crippen LogP) is 4.14. The molecule has 0 aliphatic rings. The van der Waals surface area contributed by atoms with Crippen molar-refractivity contribution in [1.82, 2.24) is 14.8 Å². The normalized spacial score (nSPS) is 10.7. The van der Waals surface area contributed by atoms with Crippen LogP contribution >= 0.6 is 11.8 Å². The van der Waals surface area contributed by atoms with Crippen LogP contribution in [0, 0.1) is 12.7 Å². The lowest BCUT2D eigenvalue weighted by Crippen LogP contribution is -2.15. The van der Waals surface area contributed by atoms with Crippen LogP contribution in [-0.2, 0) is 11.3 Å². The van der Waals surface area contributed by atoms with E-state index < -0.39 is 5.82 Å². The molecule has 0 unspecified atom stereocenters. The Labute approximate surface area is 155 Å². The summed E-state index contributed by atoms with van der Waals surface area (Å²) in [4.78, 5) is 12.1. The smallest absolute Gasteiger partial charge is 0.234 e. The maximum absolute atomic E-state index is 13.6. The largest absolute Gasteiger partial charge is 0.323 e. The highest BCUT2D eigenvalue weighted by molar-refractivity contribution is 7.99. The van der Waals surface area contributed by atoms with Gasteiger partial charge >= 0.3 is 0 Å². The van der Waals surface area contributed by atoms with Gasteiger partial charge in [-0.3, -0.25) is 4.79 Å². The molecule has 0 spiro atoms. The third kappa shape index (κ3) is 4.11. The monoisotopic (exact) mass is 370 g/mol. The van der Waals surface area contributed by atoms with Gasteiger partial charge in [-0.05, 0) is 26.0 Å². The predicted molar refractivity (Wildman–Crippen MR) is 102 cm³/mol. The maximum Gasteiger partial charge on any atom is 0.234 e. The number of halogens is 1. The van der Waals surface area contributed by atoms with Crippen molar-refractivity contribution in [3.63, 3.8) is 0 Å². The molecule has 3 rings (SSSR count). The molecule has 7 heteroatoms. The number of nitrogens with zero attached hydrogens (tertiary/aromatic N) is 3. The zero-order chi connectivity index (χ0) is 18.5. The molecular formula is C19H19FN4OS. The molecule has 1 amide bonds. The van der Waals surface area contributed by atoms with Crippen LogP contribution in [0.25, 0.3) is 11.4 Å². The Morgan fingerprint density at radius 1 is 1.15 bits per heavy atom. The molecule has 3 aromatic rings. The highest BCUT2D eigenvalue weighted by Crippen LogP contribution is 2.24. The van der Waals surface area contributed by atoms with Crippen LogP contribution in [0.5, 0.6) is 0 Å². The van der Waals surface area contributed by atoms with E-state index in [-0.39, 0.29) is 17.3 Å². The summed E-state index contributed by atoms with van der Waals surface area (Å²) in [7, 11) is 0. The summed E-state index contributed by atoms with van der Waals surface area (Å²) in [5, 5.41) is 11.7. The quantitative estimate of drug-likeness (QED) is 0.663. The molecule has 0 saturated carbocycles. The first kappa shape index (κ1) is 18.1. The molecule has 1 N–H and O–H groups in total. The maximum atomic E-state index is 13.6. The van der Waals surface area contributed by atoms with Crippen molar-refractivity contribution in [1.29, 1.82) is 0 Å². The molecule has 2 aromatic carbocycles. The average Bonchev–Trinajstić information content (AvgIpc) is 3.05. The van der Waals surface area contributed by atoms with Crippen LogP contribution in [0.1, 0.15) is 12.5 Å². The van der Waals surface area contributed by atoms with Crippen molar-refractivity contribution in [2.45, 2.75) is 25.5 Å². The highest BCUT2D eigenvalue weighted by Gasteiger charge is 2.15.